The van der Waals surface area contributed by atoms with Crippen molar-refractivity contribution in [2.45, 2.75) is 26.4 Å². The first-order chi connectivity index (χ1) is 9.59. The first-order valence-corrected chi connectivity index (χ1v) is 7.24. The summed E-state index contributed by atoms with van der Waals surface area (Å²) < 4.78 is 5.32. The van der Waals surface area contributed by atoms with Gasteiger partial charge < -0.3 is 10.1 Å². The quantitative estimate of drug-likeness (QED) is 0.343. The molecule has 20 heavy (non-hydrogen) atoms. The lowest BCUT2D eigenvalue weighted by molar-refractivity contribution is -0.139. The molecule has 2 amide bonds. The van der Waals surface area contributed by atoms with Crippen molar-refractivity contribution in [3.05, 3.63) is 22.4 Å². The Kier molecular flexibility index (Phi) is 7.52. The van der Waals surface area contributed by atoms with Gasteiger partial charge >= 0.3 is 11.8 Å². The summed E-state index contributed by atoms with van der Waals surface area (Å²) in [5, 5.41) is 8.10. The van der Waals surface area contributed by atoms with Gasteiger partial charge in [-0.25, -0.2) is 5.43 Å². The van der Waals surface area contributed by atoms with E-state index in [0.717, 1.165) is 4.88 Å². The van der Waals surface area contributed by atoms with Crippen LogP contribution in [0.25, 0.3) is 0 Å². The molecular formula is C13H19N3O3S. The van der Waals surface area contributed by atoms with E-state index in [0.29, 0.717) is 19.6 Å². The molecule has 0 spiro atoms. The summed E-state index contributed by atoms with van der Waals surface area (Å²) in [4.78, 5) is 23.7. The smallest absolute Gasteiger partial charge is 0.329 e. The van der Waals surface area contributed by atoms with Crippen molar-refractivity contribution < 1.29 is 14.3 Å². The summed E-state index contributed by atoms with van der Waals surface area (Å²) in [5.74, 6) is -1.47. The Hall–Kier alpha value is -1.73. The average Bonchev–Trinajstić information content (AvgIpc) is 2.90. The Morgan fingerprint density at radius 3 is 2.90 bits per heavy atom. The molecule has 0 aliphatic carbocycles. The maximum atomic E-state index is 11.4. The molecule has 0 aliphatic rings. The van der Waals surface area contributed by atoms with Crippen LogP contribution >= 0.6 is 11.3 Å². The summed E-state index contributed by atoms with van der Waals surface area (Å²) >= 11 is 1.49. The fraction of sp³-hybridized carbons (Fsp3) is 0.462. The number of hydrogen-bond donors (Lipinski definition) is 2. The largest absolute Gasteiger partial charge is 0.379 e. The molecule has 0 radical (unpaired) electrons. The summed E-state index contributed by atoms with van der Waals surface area (Å²) in [7, 11) is 0. The van der Waals surface area contributed by atoms with Gasteiger partial charge in [0.2, 0.25) is 0 Å². The van der Waals surface area contributed by atoms with Gasteiger partial charge in [-0.1, -0.05) is 6.07 Å². The number of nitrogens with one attached hydrogen (secondary N) is 2. The summed E-state index contributed by atoms with van der Waals surface area (Å²) in [6.07, 6.45) is 2.32. The molecule has 110 valence electrons. The van der Waals surface area contributed by atoms with E-state index in [1.165, 1.54) is 17.6 Å². The molecule has 1 aromatic heterocycles. The number of nitrogens with zero attached hydrogens (tertiary/aromatic N) is 1. The first-order valence-electron chi connectivity index (χ1n) is 6.36. The predicted molar refractivity (Wildman–Crippen MR) is 78.8 cm³/mol. The van der Waals surface area contributed by atoms with Crippen LogP contribution in [0.1, 0.15) is 25.1 Å². The predicted octanol–water partition coefficient (Wildman–Crippen LogP) is 1.13. The molecule has 0 unspecified atom stereocenters. The maximum Gasteiger partial charge on any atom is 0.329 e. The van der Waals surface area contributed by atoms with Crippen molar-refractivity contribution in [3.8, 4) is 0 Å². The molecule has 1 rings (SSSR count). The van der Waals surface area contributed by atoms with E-state index in [-0.39, 0.29) is 6.10 Å². The maximum absolute atomic E-state index is 11.4. The average molecular weight is 297 g/mol. The van der Waals surface area contributed by atoms with E-state index >= 15 is 0 Å². The van der Waals surface area contributed by atoms with Crippen molar-refractivity contribution in [2.24, 2.45) is 5.10 Å². The van der Waals surface area contributed by atoms with Crippen molar-refractivity contribution in [3.63, 3.8) is 0 Å². The Balaban J connectivity index is 2.14. The molecule has 1 aromatic rings. The Labute approximate surface area is 122 Å². The molecule has 0 fully saturated rings. The van der Waals surface area contributed by atoms with Crippen LogP contribution in [0.5, 0.6) is 0 Å². The van der Waals surface area contributed by atoms with Crippen molar-refractivity contribution in [1.82, 2.24) is 10.7 Å². The minimum Gasteiger partial charge on any atom is -0.379 e. The molecule has 7 heteroatoms. The molecular weight excluding hydrogens is 278 g/mol. The van der Waals surface area contributed by atoms with Crippen LogP contribution in [0.15, 0.2) is 22.6 Å². The van der Waals surface area contributed by atoms with Crippen LogP contribution in [0, 0.1) is 0 Å². The third-order valence-electron chi connectivity index (χ3n) is 2.17. The number of amides is 2. The number of carbonyl (C=O) groups excluding carboxylic acids is 2. The minimum atomic E-state index is -0.775. The Bertz CT molecular complexity index is 444. The van der Waals surface area contributed by atoms with Crippen LogP contribution in [0.3, 0.4) is 0 Å². The van der Waals surface area contributed by atoms with E-state index < -0.39 is 11.8 Å². The Morgan fingerprint density at radius 1 is 1.45 bits per heavy atom. The highest BCUT2D eigenvalue weighted by atomic mass is 32.1. The highest BCUT2D eigenvalue weighted by Crippen LogP contribution is 2.03. The lowest BCUT2D eigenvalue weighted by atomic mass is 10.4. The molecule has 2 N–H and O–H groups in total. The van der Waals surface area contributed by atoms with Gasteiger partial charge in [0.15, 0.2) is 0 Å². The zero-order valence-corrected chi connectivity index (χ0v) is 12.4. The summed E-state index contributed by atoms with van der Waals surface area (Å²) in [5.41, 5.74) is 2.17. The zero-order chi connectivity index (χ0) is 14.8. The van der Waals surface area contributed by atoms with Gasteiger partial charge in [-0.3, -0.25) is 9.59 Å². The van der Waals surface area contributed by atoms with Crippen LogP contribution in [0.2, 0.25) is 0 Å². The van der Waals surface area contributed by atoms with E-state index in [2.05, 4.69) is 15.8 Å². The number of carbonyl (C=O) groups is 2. The molecule has 1 heterocycles. The molecule has 0 bridgehead atoms. The topological polar surface area (TPSA) is 79.8 Å². The van der Waals surface area contributed by atoms with Gasteiger partial charge in [0, 0.05) is 18.0 Å². The normalized spacial score (nSPS) is 10.9. The second-order valence-electron chi connectivity index (χ2n) is 4.24. The second-order valence-corrected chi connectivity index (χ2v) is 5.22. The van der Waals surface area contributed by atoms with E-state index in [4.69, 9.17) is 4.74 Å². The van der Waals surface area contributed by atoms with Crippen LogP contribution < -0.4 is 10.7 Å². The van der Waals surface area contributed by atoms with Gasteiger partial charge in [-0.2, -0.15) is 5.10 Å². The van der Waals surface area contributed by atoms with Crippen LogP contribution in [-0.2, 0) is 14.3 Å². The Morgan fingerprint density at radius 2 is 2.25 bits per heavy atom. The summed E-state index contributed by atoms with van der Waals surface area (Å²) in [6, 6.07) is 3.73. The fourth-order valence-corrected chi connectivity index (χ4v) is 1.83. The van der Waals surface area contributed by atoms with Gasteiger partial charge in [-0.15, -0.1) is 11.3 Å². The number of thiophene rings is 1. The lowest BCUT2D eigenvalue weighted by Gasteiger charge is -2.07. The SMILES string of the molecule is CC(C)OCCCNC(=O)C(=O)N/N=C\c1cccs1. The molecule has 0 aromatic carbocycles. The highest BCUT2D eigenvalue weighted by Gasteiger charge is 2.11. The zero-order valence-electron chi connectivity index (χ0n) is 11.6. The monoisotopic (exact) mass is 297 g/mol. The van der Waals surface area contributed by atoms with Crippen molar-refractivity contribution >= 4 is 29.4 Å². The third-order valence-corrected chi connectivity index (χ3v) is 2.97. The van der Waals surface area contributed by atoms with E-state index in [1.54, 1.807) is 0 Å². The van der Waals surface area contributed by atoms with Crippen LogP contribution in [0.4, 0.5) is 0 Å². The highest BCUT2D eigenvalue weighted by molar-refractivity contribution is 7.11. The first kappa shape index (κ1) is 16.3. The van der Waals surface area contributed by atoms with Crippen LogP contribution in [-0.4, -0.2) is 37.3 Å². The molecule has 6 nitrogen and oxygen atoms in total. The number of hydrogen-bond acceptors (Lipinski definition) is 5. The second kappa shape index (κ2) is 9.22. The van der Waals surface area contributed by atoms with E-state index in [9.17, 15) is 9.59 Å². The molecule has 0 aliphatic heterocycles. The van der Waals surface area contributed by atoms with E-state index in [1.807, 2.05) is 31.4 Å². The van der Waals surface area contributed by atoms with Crippen molar-refractivity contribution in [1.29, 1.82) is 0 Å². The molecule has 0 atom stereocenters. The standard InChI is InChI=1S/C13H19N3O3S/c1-10(2)19-7-4-6-14-12(17)13(18)16-15-9-11-5-3-8-20-11/h3,5,8-10H,4,6-7H2,1-2H3,(H,14,17)(H,16,18)/b15-9-. The van der Waals surface area contributed by atoms with Gasteiger partial charge in [0.05, 0.1) is 12.3 Å². The number of hydrazone groups is 1. The fourth-order valence-electron chi connectivity index (χ4n) is 1.24. The van der Waals surface area contributed by atoms with Gasteiger partial charge in [0.25, 0.3) is 0 Å². The van der Waals surface area contributed by atoms with Crippen molar-refractivity contribution in [2.75, 3.05) is 13.2 Å². The third kappa shape index (κ3) is 7.01. The number of ether oxygens (including phenoxy) is 1. The lowest BCUT2D eigenvalue weighted by Crippen LogP contribution is -2.38. The van der Waals surface area contributed by atoms with Gasteiger partial charge in [0.1, 0.15) is 0 Å². The minimum absolute atomic E-state index is 0.167. The molecule has 0 saturated heterocycles. The van der Waals surface area contributed by atoms with Gasteiger partial charge in [-0.05, 0) is 31.7 Å². The molecule has 0 saturated carbocycles. The number of rotatable bonds is 7. The summed E-state index contributed by atoms with van der Waals surface area (Å²) in [6.45, 7) is 4.83.